The molecule has 0 saturated carbocycles. The average molecular weight is 495 g/mol. The first-order valence-corrected chi connectivity index (χ1v) is 11.9. The van der Waals surface area contributed by atoms with E-state index >= 15 is 0 Å². The van der Waals surface area contributed by atoms with Gasteiger partial charge >= 0.3 is 0 Å². The number of hydrogen-bond donors (Lipinski definition) is 1. The highest BCUT2D eigenvalue weighted by atomic mass is 32.1. The Morgan fingerprint density at radius 3 is 2.51 bits per heavy atom. The zero-order valence-corrected chi connectivity index (χ0v) is 20.7. The van der Waals surface area contributed by atoms with Crippen LogP contribution in [0.15, 0.2) is 58.5 Å². The second-order valence-corrected chi connectivity index (χ2v) is 8.95. The number of rotatable bonds is 10. The number of nitrogens with one attached hydrogen (secondary N) is 1. The molecule has 1 N–H and O–H groups in total. The maximum atomic E-state index is 13.1. The minimum atomic E-state index is -0.358. The summed E-state index contributed by atoms with van der Waals surface area (Å²) in [6.07, 6.45) is 1.44. The molecule has 0 radical (unpaired) electrons. The van der Waals surface area contributed by atoms with E-state index in [1.807, 2.05) is 32.9 Å². The van der Waals surface area contributed by atoms with Crippen molar-refractivity contribution < 1.29 is 23.4 Å². The third kappa shape index (κ3) is 6.23. The van der Waals surface area contributed by atoms with Gasteiger partial charge in [-0.25, -0.2) is 4.98 Å². The Bertz CT molecular complexity index is 1260. The summed E-state index contributed by atoms with van der Waals surface area (Å²) in [5, 5.41) is 13.2. The number of nitrogens with zero attached hydrogens (tertiary/aromatic N) is 3. The van der Waals surface area contributed by atoms with E-state index in [1.54, 1.807) is 49.0 Å². The zero-order valence-electron chi connectivity index (χ0n) is 19.8. The van der Waals surface area contributed by atoms with Crippen LogP contribution >= 0.6 is 11.3 Å². The van der Waals surface area contributed by atoms with Crippen LogP contribution in [0.4, 0.5) is 5.13 Å². The van der Waals surface area contributed by atoms with E-state index in [2.05, 4.69) is 20.5 Å². The molecular weight excluding hydrogens is 468 g/mol. The molecule has 35 heavy (non-hydrogen) atoms. The number of aromatic nitrogens is 3. The molecule has 1 atom stereocenters. The monoisotopic (exact) mass is 494 g/mol. The van der Waals surface area contributed by atoms with Gasteiger partial charge in [-0.15, -0.1) is 21.5 Å². The number of hydrogen-bond acceptors (Lipinski definition) is 9. The second kappa shape index (κ2) is 11.1. The third-order valence-electron chi connectivity index (χ3n) is 4.85. The van der Waals surface area contributed by atoms with E-state index in [9.17, 15) is 4.79 Å². The lowest BCUT2D eigenvalue weighted by atomic mass is 10.1. The fourth-order valence-corrected chi connectivity index (χ4v) is 3.70. The van der Waals surface area contributed by atoms with Gasteiger partial charge in [0.25, 0.3) is 5.91 Å². The van der Waals surface area contributed by atoms with Gasteiger partial charge < -0.3 is 18.6 Å². The molecule has 0 saturated heterocycles. The molecule has 0 aliphatic rings. The molecule has 4 aromatic rings. The van der Waals surface area contributed by atoms with Gasteiger partial charge in [-0.1, -0.05) is 13.8 Å². The Morgan fingerprint density at radius 1 is 1.09 bits per heavy atom. The summed E-state index contributed by atoms with van der Waals surface area (Å²) in [6, 6.07) is 12.3. The number of amides is 1. The van der Waals surface area contributed by atoms with Gasteiger partial charge in [-0.05, 0) is 49.4 Å². The van der Waals surface area contributed by atoms with Gasteiger partial charge in [0.05, 0.1) is 12.2 Å². The molecule has 0 spiro atoms. The third-order valence-corrected chi connectivity index (χ3v) is 5.54. The topological polar surface area (TPSA) is 109 Å². The molecule has 182 valence electrons. The van der Waals surface area contributed by atoms with Gasteiger partial charge in [0.15, 0.2) is 5.13 Å². The van der Waals surface area contributed by atoms with Crippen molar-refractivity contribution in [1.82, 2.24) is 15.2 Å². The summed E-state index contributed by atoms with van der Waals surface area (Å²) in [7, 11) is 1.61. The van der Waals surface area contributed by atoms with Crippen molar-refractivity contribution in [3.05, 3.63) is 65.5 Å². The maximum absolute atomic E-state index is 13.1. The molecule has 2 aromatic heterocycles. The van der Waals surface area contributed by atoms with Gasteiger partial charge in [0.2, 0.25) is 11.8 Å². The molecule has 4 rings (SSSR count). The lowest BCUT2D eigenvalue weighted by molar-refractivity contribution is 0.0916. The first-order chi connectivity index (χ1) is 16.9. The van der Waals surface area contributed by atoms with Crippen LogP contribution in [0.1, 0.15) is 42.9 Å². The Hall–Kier alpha value is -3.76. The fourth-order valence-electron chi connectivity index (χ4n) is 3.18. The normalized spacial score (nSPS) is 11.9. The van der Waals surface area contributed by atoms with Crippen molar-refractivity contribution in [2.75, 3.05) is 19.0 Å². The van der Waals surface area contributed by atoms with E-state index in [-0.39, 0.29) is 17.9 Å². The number of benzene rings is 2. The van der Waals surface area contributed by atoms with Crippen molar-refractivity contribution in [3.63, 3.8) is 0 Å². The minimum absolute atomic E-state index is 0.150. The van der Waals surface area contributed by atoms with E-state index in [0.717, 1.165) is 5.56 Å². The van der Waals surface area contributed by atoms with Crippen molar-refractivity contribution in [2.45, 2.75) is 32.8 Å². The smallest absolute Gasteiger partial charge is 0.261 e. The molecule has 1 unspecified atom stereocenters. The summed E-state index contributed by atoms with van der Waals surface area (Å²) in [6.45, 7) is 6.29. The number of carbonyl (C=O) groups excluding carboxylic acids is 1. The first kappa shape index (κ1) is 24.4. The summed E-state index contributed by atoms with van der Waals surface area (Å²) < 4.78 is 22.8. The number of thiazole rings is 1. The van der Waals surface area contributed by atoms with Crippen LogP contribution in [0.2, 0.25) is 0 Å². The lowest BCUT2D eigenvalue weighted by Gasteiger charge is -2.16. The minimum Gasteiger partial charge on any atom is -0.488 e. The molecular formula is C25H26N4O5S. The van der Waals surface area contributed by atoms with E-state index in [4.69, 9.17) is 18.6 Å². The molecule has 0 aliphatic carbocycles. The molecule has 2 heterocycles. The number of methoxy groups -OCH3 is 1. The Kier molecular flexibility index (Phi) is 7.74. The van der Waals surface area contributed by atoms with Crippen LogP contribution in [0, 0.1) is 0 Å². The molecule has 1 amide bonds. The van der Waals surface area contributed by atoms with E-state index in [0.29, 0.717) is 46.3 Å². The van der Waals surface area contributed by atoms with Crippen molar-refractivity contribution in [2.24, 2.45) is 0 Å². The second-order valence-electron chi connectivity index (χ2n) is 8.06. The van der Waals surface area contributed by atoms with E-state index in [1.165, 1.54) is 11.3 Å². The molecule has 10 heteroatoms. The van der Waals surface area contributed by atoms with Crippen LogP contribution in [0.3, 0.4) is 0 Å². The lowest BCUT2D eigenvalue weighted by Crippen LogP contribution is -2.18. The van der Waals surface area contributed by atoms with Crippen LogP contribution in [-0.2, 0) is 4.74 Å². The Morgan fingerprint density at radius 2 is 1.86 bits per heavy atom. The largest absolute Gasteiger partial charge is 0.488 e. The Labute approximate surface area is 207 Å². The Balaban J connectivity index is 1.56. The highest BCUT2D eigenvalue weighted by Crippen LogP contribution is 2.31. The van der Waals surface area contributed by atoms with Gasteiger partial charge in [0.1, 0.15) is 23.4 Å². The van der Waals surface area contributed by atoms with Crippen LogP contribution in [0.5, 0.6) is 17.2 Å². The zero-order chi connectivity index (χ0) is 24.8. The molecule has 2 aromatic carbocycles. The van der Waals surface area contributed by atoms with Crippen LogP contribution < -0.4 is 14.8 Å². The highest BCUT2D eigenvalue weighted by molar-refractivity contribution is 7.13. The average Bonchev–Trinajstić information content (AvgIpc) is 3.53. The summed E-state index contributed by atoms with van der Waals surface area (Å²) >= 11 is 1.33. The van der Waals surface area contributed by atoms with Gasteiger partial charge in [-0.3, -0.25) is 10.1 Å². The quantitative estimate of drug-likeness (QED) is 0.296. The SMILES string of the molecule is COCC(C)Oc1ccc(Oc2ccc(-c3nnc(C(C)C)o3)cc2)c(C(=O)Nc2nccs2)c1. The van der Waals surface area contributed by atoms with E-state index < -0.39 is 0 Å². The molecule has 0 fully saturated rings. The van der Waals surface area contributed by atoms with Gasteiger partial charge in [-0.2, -0.15) is 0 Å². The predicted octanol–water partition coefficient (Wildman–Crippen LogP) is 5.77. The van der Waals surface area contributed by atoms with Crippen LogP contribution in [0.25, 0.3) is 11.5 Å². The number of ether oxygens (including phenoxy) is 3. The fraction of sp³-hybridized carbons (Fsp3) is 0.280. The number of carbonyl (C=O) groups is 1. The first-order valence-electron chi connectivity index (χ1n) is 11.0. The van der Waals surface area contributed by atoms with Crippen molar-refractivity contribution >= 4 is 22.4 Å². The molecule has 9 nitrogen and oxygen atoms in total. The summed E-state index contributed by atoms with van der Waals surface area (Å²) in [5.41, 5.74) is 1.08. The molecule has 0 aliphatic heterocycles. The van der Waals surface area contributed by atoms with Crippen molar-refractivity contribution in [1.29, 1.82) is 0 Å². The predicted molar refractivity (Wildman–Crippen MR) is 132 cm³/mol. The molecule has 0 bridgehead atoms. The maximum Gasteiger partial charge on any atom is 0.261 e. The van der Waals surface area contributed by atoms with Crippen molar-refractivity contribution in [3.8, 4) is 28.7 Å². The van der Waals surface area contributed by atoms with Crippen LogP contribution in [-0.4, -0.2) is 40.9 Å². The number of anilines is 1. The summed E-state index contributed by atoms with van der Waals surface area (Å²) in [5.74, 6) is 2.26. The standard InChI is InChI=1S/C25H26N4O5S/c1-15(2)23-28-29-24(34-23)17-5-7-18(8-6-17)33-21-10-9-19(32-16(3)14-31-4)13-20(21)22(30)27-25-26-11-12-35-25/h5-13,15-16H,14H2,1-4H3,(H,26,27,30). The summed E-state index contributed by atoms with van der Waals surface area (Å²) in [4.78, 5) is 17.2. The highest BCUT2D eigenvalue weighted by Gasteiger charge is 2.18. The van der Waals surface area contributed by atoms with Gasteiger partial charge in [0, 0.05) is 30.2 Å².